The molecule has 0 aromatic carbocycles. The fraction of sp³-hybridized carbons (Fsp3) is 0.733. The number of aromatic nitrogens is 3. The van der Waals surface area contributed by atoms with Crippen LogP contribution in [0.1, 0.15) is 83.1 Å². The van der Waals surface area contributed by atoms with Crippen molar-refractivity contribution in [3.05, 3.63) is 25.7 Å². The lowest BCUT2D eigenvalue weighted by atomic mass is 9.57. The molecule has 1 saturated heterocycles. The van der Waals surface area contributed by atoms with E-state index in [1.54, 1.807) is 9.47 Å². The van der Waals surface area contributed by atoms with Crippen molar-refractivity contribution >= 4 is 42.6 Å². The summed E-state index contributed by atoms with van der Waals surface area (Å²) in [4.78, 5) is 57.1. The average Bonchev–Trinajstić information content (AvgIpc) is 3.42. The molecule has 2 aromatic rings. The van der Waals surface area contributed by atoms with Crippen LogP contribution >= 0.6 is 11.5 Å². The lowest BCUT2D eigenvalue weighted by molar-refractivity contribution is -0.136. The van der Waals surface area contributed by atoms with Crippen molar-refractivity contribution in [1.29, 1.82) is 5.26 Å². The summed E-state index contributed by atoms with van der Waals surface area (Å²) in [7, 11) is -1.28. The molecule has 1 spiro atoms. The van der Waals surface area contributed by atoms with E-state index in [0.29, 0.717) is 31.6 Å². The summed E-state index contributed by atoms with van der Waals surface area (Å²) in [5.74, 6) is -0.219. The molecule has 234 valence electrons. The highest BCUT2D eigenvalue weighted by Crippen LogP contribution is 2.56. The number of urea groups is 1. The molecule has 2 aromatic heterocycles. The summed E-state index contributed by atoms with van der Waals surface area (Å²) in [6, 6.07) is 2.50. The Hall–Kier alpha value is -2.82. The summed E-state index contributed by atoms with van der Waals surface area (Å²) in [6.45, 7) is 13.5. The zero-order valence-electron chi connectivity index (χ0n) is 26.3. The highest BCUT2D eigenvalue weighted by atomic mass is 32.1. The lowest BCUT2D eigenvalue weighted by Gasteiger charge is -2.55. The minimum absolute atomic E-state index is 0.0103. The van der Waals surface area contributed by atoms with Crippen LogP contribution in [0.5, 0.6) is 0 Å². The quantitative estimate of drug-likeness (QED) is 0.208. The molecular formula is C30H44N6O5SSi. The van der Waals surface area contributed by atoms with E-state index in [9.17, 15) is 24.4 Å². The Morgan fingerprint density at radius 1 is 1.09 bits per heavy atom. The van der Waals surface area contributed by atoms with E-state index in [0.717, 1.165) is 56.1 Å². The van der Waals surface area contributed by atoms with Crippen LogP contribution in [-0.2, 0) is 16.1 Å². The molecule has 0 atom stereocenters. The van der Waals surface area contributed by atoms with E-state index < -0.39 is 19.2 Å². The zero-order chi connectivity index (χ0) is 31.3. The Labute approximate surface area is 257 Å². The van der Waals surface area contributed by atoms with Gasteiger partial charge in [0.05, 0.1) is 0 Å². The van der Waals surface area contributed by atoms with Gasteiger partial charge in [0.15, 0.2) is 5.65 Å². The Morgan fingerprint density at radius 3 is 2.37 bits per heavy atom. The minimum atomic E-state index is -1.28. The minimum Gasteiger partial charge on any atom is -0.361 e. The number of unbranched alkanes of at least 4 members (excludes halogenated alkanes) is 1. The predicted octanol–water partition coefficient (Wildman–Crippen LogP) is 4.91. The number of nitriles is 1. The van der Waals surface area contributed by atoms with Crippen LogP contribution in [0.3, 0.4) is 0 Å². The maximum Gasteiger partial charge on any atom is 0.332 e. The average molecular weight is 629 g/mol. The molecule has 5 rings (SSSR count). The van der Waals surface area contributed by atoms with Crippen molar-refractivity contribution in [2.24, 2.45) is 5.41 Å². The van der Waals surface area contributed by atoms with Crippen LogP contribution in [0.4, 0.5) is 4.79 Å². The van der Waals surface area contributed by atoms with Crippen LogP contribution in [0.25, 0.3) is 11.0 Å². The van der Waals surface area contributed by atoms with Crippen LogP contribution < -0.4 is 11.2 Å². The van der Waals surface area contributed by atoms with Gasteiger partial charge in [-0.3, -0.25) is 18.7 Å². The second-order valence-electron chi connectivity index (χ2n) is 14.4. The van der Waals surface area contributed by atoms with Crippen molar-refractivity contribution in [1.82, 2.24) is 23.3 Å². The number of imide groups is 1. The molecule has 13 heteroatoms. The summed E-state index contributed by atoms with van der Waals surface area (Å²) >= 11 is 0.970. The van der Waals surface area contributed by atoms with Gasteiger partial charge in [-0.1, -0.05) is 33.0 Å². The molecule has 3 heterocycles. The van der Waals surface area contributed by atoms with Gasteiger partial charge in [0.2, 0.25) is 0 Å². The third-order valence-electron chi connectivity index (χ3n) is 9.74. The molecular weight excluding hydrogens is 585 g/mol. The Bertz CT molecular complexity index is 1560. The smallest absolute Gasteiger partial charge is 0.332 e. The molecule has 11 nitrogen and oxygen atoms in total. The molecule has 0 N–H and O–H groups in total. The first-order chi connectivity index (χ1) is 20.2. The second-order valence-corrected chi connectivity index (χ2v) is 20.8. The number of hydrogen-bond acceptors (Lipinski definition) is 8. The van der Waals surface area contributed by atoms with Crippen LogP contribution in [0.15, 0.2) is 9.59 Å². The van der Waals surface area contributed by atoms with Gasteiger partial charge >= 0.3 is 11.7 Å². The Kier molecular flexibility index (Phi) is 8.52. The van der Waals surface area contributed by atoms with Crippen molar-refractivity contribution in [3.63, 3.8) is 0 Å². The van der Waals surface area contributed by atoms with Gasteiger partial charge in [0.1, 0.15) is 28.6 Å². The molecule has 2 saturated carbocycles. The van der Waals surface area contributed by atoms with Crippen molar-refractivity contribution in [2.75, 3.05) is 13.3 Å². The molecule has 3 amide bonds. The second kappa shape index (κ2) is 11.6. The number of aryl methyl sites for hydroxylation is 1. The van der Waals surface area contributed by atoms with E-state index in [1.807, 2.05) is 20.8 Å². The standard InChI is InChI=1S/C30H44N6O5SSi/c1-7-8-13-33-24-23(22(18-31)42-32-24)25(37)35(27(33)39)20-9-11-30(12-10-20)16-21(17-30)36-28(40)34(26(38)29(36,2)3)19-41-14-15-43(4,5)6/h20-21H,7-17,19H2,1-6H3. The van der Waals surface area contributed by atoms with Gasteiger partial charge in [-0.15, -0.1) is 0 Å². The molecule has 0 radical (unpaired) electrons. The number of hydrogen-bond donors (Lipinski definition) is 0. The highest BCUT2D eigenvalue weighted by Gasteiger charge is 2.59. The normalized spacial score (nSPS) is 25.5. The molecule has 3 aliphatic rings. The fourth-order valence-corrected chi connectivity index (χ4v) is 8.59. The molecule has 43 heavy (non-hydrogen) atoms. The van der Waals surface area contributed by atoms with Crippen LogP contribution in [0.2, 0.25) is 25.7 Å². The van der Waals surface area contributed by atoms with Crippen LogP contribution in [-0.4, -0.2) is 68.2 Å². The van der Waals surface area contributed by atoms with Crippen molar-refractivity contribution < 1.29 is 14.3 Å². The molecule has 2 aliphatic carbocycles. The lowest BCUT2D eigenvalue weighted by Crippen LogP contribution is -2.59. The van der Waals surface area contributed by atoms with Crippen molar-refractivity contribution in [3.8, 4) is 6.07 Å². The Balaban J connectivity index is 1.27. The maximum atomic E-state index is 13.6. The number of carbonyl (C=O) groups excluding carboxylic acids is 2. The van der Waals surface area contributed by atoms with Gasteiger partial charge < -0.3 is 9.64 Å². The molecule has 1 aliphatic heterocycles. The summed E-state index contributed by atoms with van der Waals surface area (Å²) in [6.07, 6.45) is 6.28. The molecule has 0 bridgehead atoms. The summed E-state index contributed by atoms with van der Waals surface area (Å²) in [5.41, 5.74) is -1.34. The third-order valence-corrected chi connectivity index (χ3v) is 12.2. The van der Waals surface area contributed by atoms with E-state index >= 15 is 0 Å². The zero-order valence-corrected chi connectivity index (χ0v) is 28.1. The van der Waals surface area contributed by atoms with Gasteiger partial charge in [0.25, 0.3) is 11.5 Å². The van der Waals surface area contributed by atoms with Gasteiger partial charge in [0, 0.05) is 33.3 Å². The van der Waals surface area contributed by atoms with E-state index in [4.69, 9.17) is 4.74 Å². The number of fused-ring (bicyclic) bond motifs is 1. The maximum absolute atomic E-state index is 13.6. The summed E-state index contributed by atoms with van der Waals surface area (Å²) in [5, 5.41) is 9.86. The largest absolute Gasteiger partial charge is 0.361 e. The first kappa shape index (κ1) is 31.6. The van der Waals surface area contributed by atoms with E-state index in [2.05, 4.69) is 30.1 Å². The number of ether oxygens (including phenoxy) is 1. The highest BCUT2D eigenvalue weighted by molar-refractivity contribution is 7.07. The molecule has 3 fully saturated rings. The molecule has 0 unspecified atom stereocenters. The monoisotopic (exact) mass is 628 g/mol. The Morgan fingerprint density at radius 2 is 1.77 bits per heavy atom. The van der Waals surface area contributed by atoms with Crippen LogP contribution in [0, 0.1) is 16.7 Å². The third kappa shape index (κ3) is 5.62. The number of nitrogens with zero attached hydrogens (tertiary/aromatic N) is 6. The fourth-order valence-electron chi connectivity index (χ4n) is 7.16. The van der Waals surface area contributed by atoms with E-state index in [-0.39, 0.29) is 52.1 Å². The SMILES string of the molecule is CCCCn1c(=O)n(C2CCC3(CC2)CC(N2C(=O)N(COCC[Si](C)(C)C)C(=O)C2(C)C)C3)c(=O)c2c(C#N)snc21. The number of rotatable bonds is 10. The van der Waals surface area contributed by atoms with E-state index in [1.165, 1.54) is 9.47 Å². The number of carbonyl (C=O) groups is 2. The first-order valence-corrected chi connectivity index (χ1v) is 20.0. The first-order valence-electron chi connectivity index (χ1n) is 15.5. The van der Waals surface area contributed by atoms with Gasteiger partial charge in [-0.25, -0.2) is 14.5 Å². The van der Waals surface area contributed by atoms with Crippen molar-refractivity contribution in [2.45, 2.75) is 122 Å². The number of amides is 3. The topological polar surface area (TPSA) is 131 Å². The van der Waals surface area contributed by atoms with Gasteiger partial charge in [-0.2, -0.15) is 9.64 Å². The van der Waals surface area contributed by atoms with Gasteiger partial charge in [-0.05, 0) is 81.8 Å². The summed E-state index contributed by atoms with van der Waals surface area (Å²) < 4.78 is 13.0. The predicted molar refractivity (Wildman–Crippen MR) is 168 cm³/mol.